The van der Waals surface area contributed by atoms with Gasteiger partial charge in [-0.05, 0) is 42.7 Å². The molecule has 4 amide bonds. The molecule has 1 aromatic heterocycles. The van der Waals surface area contributed by atoms with Crippen molar-refractivity contribution in [1.82, 2.24) is 20.5 Å². The Hall–Kier alpha value is -3.29. The molecule has 1 saturated heterocycles. The molecule has 1 aliphatic heterocycles. The second-order valence-electron chi connectivity index (χ2n) is 6.51. The number of hydrogen-bond donors (Lipinski definition) is 2. The number of nitrogens with one attached hydrogen (secondary N) is 2. The van der Waals surface area contributed by atoms with Gasteiger partial charge in [-0.2, -0.15) is 0 Å². The fourth-order valence-corrected chi connectivity index (χ4v) is 2.97. The van der Waals surface area contributed by atoms with Crippen LogP contribution in [0.15, 0.2) is 48.7 Å². The first-order chi connectivity index (χ1) is 13.5. The van der Waals surface area contributed by atoms with Gasteiger partial charge in [0.15, 0.2) is 0 Å². The summed E-state index contributed by atoms with van der Waals surface area (Å²) in [6, 6.07) is 10.3. The summed E-state index contributed by atoms with van der Waals surface area (Å²) in [5.41, 5.74) is 1.45. The van der Waals surface area contributed by atoms with Crippen LogP contribution in [-0.4, -0.2) is 40.3 Å². The fourth-order valence-electron chi connectivity index (χ4n) is 2.97. The van der Waals surface area contributed by atoms with Crippen LogP contribution in [0.4, 0.5) is 9.18 Å². The van der Waals surface area contributed by atoms with Crippen LogP contribution in [0.5, 0.6) is 0 Å². The lowest BCUT2D eigenvalue weighted by Gasteiger charge is -2.13. The van der Waals surface area contributed by atoms with Gasteiger partial charge in [-0.25, -0.2) is 9.18 Å². The maximum absolute atomic E-state index is 13.2. The fraction of sp³-hybridized carbons (Fsp3) is 0.300. The van der Waals surface area contributed by atoms with Crippen molar-refractivity contribution in [3.63, 3.8) is 0 Å². The summed E-state index contributed by atoms with van der Waals surface area (Å²) in [4.78, 5) is 41.7. The molecule has 2 heterocycles. The minimum Gasteiger partial charge on any atom is -0.350 e. The first kappa shape index (κ1) is 19.5. The second-order valence-corrected chi connectivity index (χ2v) is 6.51. The van der Waals surface area contributed by atoms with E-state index in [1.165, 1.54) is 12.1 Å². The summed E-state index contributed by atoms with van der Waals surface area (Å²) in [6.07, 6.45) is 2.34. The van der Waals surface area contributed by atoms with E-state index >= 15 is 0 Å². The molecule has 1 atom stereocenters. The Bertz CT molecular complexity index is 860. The quantitative estimate of drug-likeness (QED) is 0.679. The van der Waals surface area contributed by atoms with Gasteiger partial charge in [0.2, 0.25) is 5.91 Å². The number of carbonyl (C=O) groups excluding carboxylic acids is 3. The molecule has 7 nitrogen and oxygen atoms in total. The Balaban J connectivity index is 1.44. The summed E-state index contributed by atoms with van der Waals surface area (Å²) in [5, 5.41) is 5.34. The number of urea groups is 1. The molecule has 28 heavy (non-hydrogen) atoms. The van der Waals surface area contributed by atoms with Crippen molar-refractivity contribution in [2.24, 2.45) is 0 Å². The van der Waals surface area contributed by atoms with Crippen molar-refractivity contribution in [3.05, 3.63) is 65.7 Å². The van der Waals surface area contributed by atoms with Crippen molar-refractivity contribution in [1.29, 1.82) is 0 Å². The van der Waals surface area contributed by atoms with E-state index in [2.05, 4.69) is 15.6 Å². The number of aromatic nitrogens is 1. The third kappa shape index (κ3) is 5.12. The van der Waals surface area contributed by atoms with E-state index in [4.69, 9.17) is 0 Å². The molecule has 2 N–H and O–H groups in total. The predicted octanol–water partition coefficient (Wildman–Crippen LogP) is 1.78. The number of imide groups is 1. The Morgan fingerprint density at radius 2 is 2.07 bits per heavy atom. The van der Waals surface area contributed by atoms with Gasteiger partial charge in [0.1, 0.15) is 11.9 Å². The van der Waals surface area contributed by atoms with Crippen molar-refractivity contribution < 1.29 is 18.8 Å². The van der Waals surface area contributed by atoms with E-state index in [1.54, 1.807) is 30.5 Å². The Morgan fingerprint density at radius 1 is 1.21 bits per heavy atom. The number of nitrogens with zero attached hydrogens (tertiary/aromatic N) is 2. The van der Waals surface area contributed by atoms with Crippen LogP contribution in [-0.2, 0) is 22.6 Å². The number of rotatable bonds is 8. The lowest BCUT2D eigenvalue weighted by Crippen LogP contribution is -2.34. The molecule has 0 bridgehead atoms. The van der Waals surface area contributed by atoms with Crippen LogP contribution in [0.25, 0.3) is 0 Å². The van der Waals surface area contributed by atoms with Crippen molar-refractivity contribution in [2.75, 3.05) is 6.54 Å². The summed E-state index contributed by atoms with van der Waals surface area (Å²) in [5.74, 6) is -0.936. The maximum atomic E-state index is 13.2. The number of benzene rings is 1. The van der Waals surface area contributed by atoms with Crippen LogP contribution < -0.4 is 10.6 Å². The topological polar surface area (TPSA) is 91.4 Å². The second kappa shape index (κ2) is 9.07. The maximum Gasteiger partial charge on any atom is 0.324 e. The van der Waals surface area contributed by atoms with Crippen LogP contribution >= 0.6 is 0 Å². The standard InChI is InChI=1S/C20H21FN4O3/c21-15-5-3-4-14(12-15)9-11-25-19(27)17(24-20(25)28)7-8-18(26)23-13-16-6-1-2-10-22-16/h1-6,10,12,17H,7-9,11,13H2,(H,23,26)(H,24,28)/t17-/m1/s1. The van der Waals surface area contributed by atoms with Gasteiger partial charge in [0.25, 0.3) is 5.91 Å². The normalized spacial score (nSPS) is 16.2. The van der Waals surface area contributed by atoms with Gasteiger partial charge < -0.3 is 10.6 Å². The van der Waals surface area contributed by atoms with Crippen molar-refractivity contribution in [3.8, 4) is 0 Å². The molecule has 1 fully saturated rings. The monoisotopic (exact) mass is 384 g/mol. The van der Waals surface area contributed by atoms with Gasteiger partial charge in [0.05, 0.1) is 12.2 Å². The smallest absolute Gasteiger partial charge is 0.324 e. The SMILES string of the molecule is O=C(CC[C@H]1NC(=O)N(CCc2cccc(F)c2)C1=O)NCc1ccccn1. The van der Waals surface area contributed by atoms with E-state index in [0.29, 0.717) is 18.5 Å². The molecule has 3 rings (SSSR count). The molecular formula is C20H21FN4O3. The highest BCUT2D eigenvalue weighted by Gasteiger charge is 2.37. The van der Waals surface area contributed by atoms with Gasteiger partial charge in [-0.1, -0.05) is 18.2 Å². The lowest BCUT2D eigenvalue weighted by atomic mass is 10.1. The molecule has 0 unspecified atom stereocenters. The van der Waals surface area contributed by atoms with Crippen LogP contribution in [0.2, 0.25) is 0 Å². The first-order valence-corrected chi connectivity index (χ1v) is 9.06. The van der Waals surface area contributed by atoms with Gasteiger partial charge in [0, 0.05) is 19.2 Å². The summed E-state index contributed by atoms with van der Waals surface area (Å²) < 4.78 is 13.2. The van der Waals surface area contributed by atoms with Crippen molar-refractivity contribution in [2.45, 2.75) is 31.8 Å². The van der Waals surface area contributed by atoms with Crippen LogP contribution in [0.3, 0.4) is 0 Å². The first-order valence-electron chi connectivity index (χ1n) is 9.06. The molecule has 0 aliphatic carbocycles. The largest absolute Gasteiger partial charge is 0.350 e. The zero-order valence-corrected chi connectivity index (χ0v) is 15.2. The van der Waals surface area contributed by atoms with Crippen LogP contribution in [0.1, 0.15) is 24.1 Å². The van der Waals surface area contributed by atoms with Gasteiger partial charge >= 0.3 is 6.03 Å². The summed E-state index contributed by atoms with van der Waals surface area (Å²) in [6.45, 7) is 0.473. The van der Waals surface area contributed by atoms with Gasteiger partial charge in [-0.3, -0.25) is 19.5 Å². The minimum atomic E-state index is -0.722. The zero-order valence-electron chi connectivity index (χ0n) is 15.2. The van der Waals surface area contributed by atoms with E-state index in [1.807, 2.05) is 6.07 Å². The molecule has 0 radical (unpaired) electrons. The zero-order chi connectivity index (χ0) is 19.9. The molecule has 146 valence electrons. The van der Waals surface area contributed by atoms with E-state index in [-0.39, 0.29) is 37.0 Å². The number of amides is 4. The Labute approximate surface area is 161 Å². The molecule has 1 aromatic carbocycles. The predicted molar refractivity (Wildman–Crippen MR) is 99.5 cm³/mol. The highest BCUT2D eigenvalue weighted by molar-refractivity contribution is 6.04. The highest BCUT2D eigenvalue weighted by Crippen LogP contribution is 2.13. The summed E-state index contributed by atoms with van der Waals surface area (Å²) in [7, 11) is 0. The summed E-state index contributed by atoms with van der Waals surface area (Å²) >= 11 is 0. The lowest BCUT2D eigenvalue weighted by molar-refractivity contribution is -0.127. The Kier molecular flexibility index (Phi) is 6.31. The van der Waals surface area contributed by atoms with E-state index in [9.17, 15) is 18.8 Å². The van der Waals surface area contributed by atoms with E-state index in [0.717, 1.165) is 10.6 Å². The molecule has 1 aliphatic rings. The molecule has 0 spiro atoms. The average Bonchev–Trinajstić information content (AvgIpc) is 2.97. The number of pyridine rings is 1. The molecule has 2 aromatic rings. The van der Waals surface area contributed by atoms with Gasteiger partial charge in [-0.15, -0.1) is 0 Å². The number of carbonyl (C=O) groups is 3. The van der Waals surface area contributed by atoms with Crippen LogP contribution in [0, 0.1) is 5.82 Å². The van der Waals surface area contributed by atoms with Crippen molar-refractivity contribution >= 4 is 17.8 Å². The molecule has 0 saturated carbocycles. The van der Waals surface area contributed by atoms with E-state index < -0.39 is 12.1 Å². The number of hydrogen-bond acceptors (Lipinski definition) is 4. The molecule has 8 heteroatoms. The minimum absolute atomic E-state index is 0.112. The third-order valence-electron chi connectivity index (χ3n) is 4.47. The number of halogens is 1. The highest BCUT2D eigenvalue weighted by atomic mass is 19.1. The third-order valence-corrected chi connectivity index (χ3v) is 4.47. The average molecular weight is 384 g/mol. The molecular weight excluding hydrogens is 363 g/mol. The Morgan fingerprint density at radius 3 is 2.82 bits per heavy atom.